The second-order valence-electron chi connectivity index (χ2n) is 5.29. The van der Waals surface area contributed by atoms with Gasteiger partial charge in [0.05, 0.1) is 5.56 Å². The molecule has 6 heteroatoms. The zero-order valence-electron chi connectivity index (χ0n) is 11.8. The van der Waals surface area contributed by atoms with E-state index in [1.54, 1.807) is 23.9 Å². The Hall–Kier alpha value is -1.37. The molecule has 1 atom stereocenters. The Labute approximate surface area is 128 Å². The summed E-state index contributed by atoms with van der Waals surface area (Å²) in [5, 5.41) is 12.3. The number of benzene rings is 1. The highest BCUT2D eigenvalue weighted by atomic mass is 32.2. The van der Waals surface area contributed by atoms with Crippen LogP contribution in [0.25, 0.3) is 0 Å². The second kappa shape index (κ2) is 6.60. The molecule has 1 aromatic carbocycles. The van der Waals surface area contributed by atoms with Gasteiger partial charge < -0.3 is 5.11 Å². The first kappa shape index (κ1) is 14.6. The fourth-order valence-corrected chi connectivity index (χ4v) is 3.68. The van der Waals surface area contributed by atoms with Crippen LogP contribution in [0, 0.1) is 0 Å². The lowest BCUT2D eigenvalue weighted by Gasteiger charge is -2.28. The van der Waals surface area contributed by atoms with Crippen molar-refractivity contribution in [1.82, 2.24) is 10.4 Å². The third-order valence-corrected chi connectivity index (χ3v) is 4.81. The van der Waals surface area contributed by atoms with Crippen LogP contribution < -0.4 is 5.43 Å². The number of nitrogens with one attached hydrogen (secondary N) is 1. The molecule has 1 saturated heterocycles. The number of carbonyl (C=O) groups is 1. The zero-order chi connectivity index (χ0) is 14.7. The molecule has 2 aliphatic heterocycles. The SMILES string of the molecule is O=C(O)c1ccccc1C1=NC(NN2CCCCC2)CS1. The van der Waals surface area contributed by atoms with Crippen LogP contribution in [-0.4, -0.2) is 46.1 Å². The normalized spacial score (nSPS) is 23.0. The van der Waals surface area contributed by atoms with E-state index in [4.69, 9.17) is 0 Å². The van der Waals surface area contributed by atoms with Gasteiger partial charge in [0.1, 0.15) is 11.2 Å². The van der Waals surface area contributed by atoms with Crippen LogP contribution in [0.3, 0.4) is 0 Å². The van der Waals surface area contributed by atoms with E-state index in [1.165, 1.54) is 19.3 Å². The van der Waals surface area contributed by atoms with Crippen molar-refractivity contribution in [2.45, 2.75) is 25.4 Å². The molecule has 1 aromatic rings. The lowest BCUT2D eigenvalue weighted by molar-refractivity contribution is 0.0696. The molecule has 0 bridgehead atoms. The molecule has 0 saturated carbocycles. The minimum Gasteiger partial charge on any atom is -0.478 e. The average molecular weight is 305 g/mol. The van der Waals surface area contributed by atoms with E-state index in [9.17, 15) is 9.90 Å². The van der Waals surface area contributed by atoms with Crippen LogP contribution in [0.4, 0.5) is 0 Å². The molecule has 1 unspecified atom stereocenters. The topological polar surface area (TPSA) is 64.9 Å². The third-order valence-electron chi connectivity index (χ3n) is 3.73. The molecule has 0 aliphatic carbocycles. The van der Waals surface area contributed by atoms with Crippen LogP contribution in [0.1, 0.15) is 35.2 Å². The maximum atomic E-state index is 11.3. The van der Waals surface area contributed by atoms with Gasteiger partial charge in [-0.05, 0) is 18.9 Å². The van der Waals surface area contributed by atoms with Gasteiger partial charge in [-0.25, -0.2) is 15.2 Å². The lowest BCUT2D eigenvalue weighted by Crippen LogP contribution is -2.46. The van der Waals surface area contributed by atoms with Gasteiger partial charge in [0, 0.05) is 24.4 Å². The molecular weight excluding hydrogens is 286 g/mol. The molecular formula is C15H19N3O2S. The standard InChI is InChI=1S/C15H19N3O2S/c19-15(20)12-7-3-2-6-11(12)14-16-13(10-21-14)17-18-8-4-1-5-9-18/h2-3,6-7,13,17H,1,4-5,8-10H2,(H,19,20). The Kier molecular flexibility index (Phi) is 4.57. The number of hydrazine groups is 1. The highest BCUT2D eigenvalue weighted by Gasteiger charge is 2.24. The minimum absolute atomic E-state index is 0.0463. The second-order valence-corrected chi connectivity index (χ2v) is 6.30. The molecule has 2 N–H and O–H groups in total. The van der Waals surface area contributed by atoms with Gasteiger partial charge in [-0.1, -0.05) is 24.6 Å². The fraction of sp³-hybridized carbons (Fsp3) is 0.467. The van der Waals surface area contributed by atoms with Crippen molar-refractivity contribution in [1.29, 1.82) is 0 Å². The van der Waals surface area contributed by atoms with Gasteiger partial charge in [-0.15, -0.1) is 11.8 Å². The molecule has 1 fully saturated rings. The first-order valence-corrected chi connectivity index (χ1v) is 8.27. The summed E-state index contributed by atoms with van der Waals surface area (Å²) in [6.07, 6.45) is 3.80. The van der Waals surface area contributed by atoms with Crippen molar-refractivity contribution >= 4 is 22.8 Å². The first-order chi connectivity index (χ1) is 10.2. The molecule has 3 rings (SSSR count). The predicted octanol–water partition coefficient (Wildman–Crippen LogP) is 2.19. The molecule has 112 valence electrons. The van der Waals surface area contributed by atoms with Gasteiger partial charge in [0.25, 0.3) is 0 Å². The van der Waals surface area contributed by atoms with E-state index in [1.807, 2.05) is 12.1 Å². The van der Waals surface area contributed by atoms with Gasteiger partial charge in [0.15, 0.2) is 0 Å². The molecule has 0 radical (unpaired) electrons. The zero-order valence-corrected chi connectivity index (χ0v) is 12.6. The lowest BCUT2D eigenvalue weighted by atomic mass is 10.1. The van der Waals surface area contributed by atoms with Gasteiger partial charge in [-0.2, -0.15) is 0 Å². The van der Waals surface area contributed by atoms with E-state index in [-0.39, 0.29) is 6.17 Å². The molecule has 21 heavy (non-hydrogen) atoms. The Morgan fingerprint density at radius 3 is 2.81 bits per heavy atom. The number of hydrogen-bond donors (Lipinski definition) is 2. The molecule has 2 heterocycles. The van der Waals surface area contributed by atoms with Crippen LogP contribution in [-0.2, 0) is 0 Å². The number of carboxylic acid groups (broad SMARTS) is 1. The number of hydrogen-bond acceptors (Lipinski definition) is 5. The largest absolute Gasteiger partial charge is 0.478 e. The predicted molar refractivity (Wildman–Crippen MR) is 84.7 cm³/mol. The summed E-state index contributed by atoms with van der Waals surface area (Å²) >= 11 is 1.62. The first-order valence-electron chi connectivity index (χ1n) is 7.28. The number of aromatic carboxylic acids is 1. The van der Waals surface area contributed by atoms with Crippen molar-refractivity contribution < 1.29 is 9.90 Å². The van der Waals surface area contributed by atoms with E-state index >= 15 is 0 Å². The van der Waals surface area contributed by atoms with Crippen molar-refractivity contribution in [2.75, 3.05) is 18.8 Å². The number of thioether (sulfide) groups is 1. The van der Waals surface area contributed by atoms with Gasteiger partial charge in [-0.3, -0.25) is 4.99 Å². The summed E-state index contributed by atoms with van der Waals surface area (Å²) < 4.78 is 0. The van der Waals surface area contributed by atoms with Crippen molar-refractivity contribution in [2.24, 2.45) is 4.99 Å². The summed E-state index contributed by atoms with van der Waals surface area (Å²) in [4.78, 5) is 15.9. The van der Waals surface area contributed by atoms with Crippen LogP contribution in [0.15, 0.2) is 29.3 Å². The molecule has 0 spiro atoms. The number of aliphatic imine (C=N–C) groups is 1. The van der Waals surface area contributed by atoms with Crippen molar-refractivity contribution in [3.8, 4) is 0 Å². The Morgan fingerprint density at radius 2 is 2.05 bits per heavy atom. The van der Waals surface area contributed by atoms with E-state index in [2.05, 4.69) is 15.4 Å². The van der Waals surface area contributed by atoms with Crippen LogP contribution >= 0.6 is 11.8 Å². The number of rotatable bonds is 4. The van der Waals surface area contributed by atoms with E-state index < -0.39 is 5.97 Å². The highest BCUT2D eigenvalue weighted by molar-refractivity contribution is 8.14. The summed E-state index contributed by atoms with van der Waals surface area (Å²) in [5.41, 5.74) is 4.49. The minimum atomic E-state index is -0.902. The highest BCUT2D eigenvalue weighted by Crippen LogP contribution is 2.25. The Bertz CT molecular complexity index is 556. The quantitative estimate of drug-likeness (QED) is 0.893. The van der Waals surface area contributed by atoms with Gasteiger partial charge in [0.2, 0.25) is 0 Å². The average Bonchev–Trinajstić information content (AvgIpc) is 2.96. The van der Waals surface area contributed by atoms with Crippen molar-refractivity contribution in [3.05, 3.63) is 35.4 Å². The third kappa shape index (κ3) is 3.45. The van der Waals surface area contributed by atoms with Crippen LogP contribution in [0.2, 0.25) is 0 Å². The summed E-state index contributed by atoms with van der Waals surface area (Å²) in [6, 6.07) is 7.07. The Morgan fingerprint density at radius 1 is 1.29 bits per heavy atom. The van der Waals surface area contributed by atoms with Gasteiger partial charge >= 0.3 is 5.97 Å². The molecule has 0 aromatic heterocycles. The number of nitrogens with zero attached hydrogens (tertiary/aromatic N) is 2. The Balaban J connectivity index is 1.72. The fourth-order valence-electron chi connectivity index (χ4n) is 2.68. The molecule has 2 aliphatic rings. The number of carboxylic acids is 1. The summed E-state index contributed by atoms with van der Waals surface area (Å²) in [6.45, 7) is 2.13. The smallest absolute Gasteiger partial charge is 0.336 e. The van der Waals surface area contributed by atoms with Crippen LogP contribution in [0.5, 0.6) is 0 Å². The molecule has 5 nitrogen and oxygen atoms in total. The maximum absolute atomic E-state index is 11.3. The van der Waals surface area contributed by atoms with E-state index in [0.29, 0.717) is 5.56 Å². The molecule has 0 amide bonds. The monoisotopic (exact) mass is 305 g/mol. The number of piperidine rings is 1. The summed E-state index contributed by atoms with van der Waals surface area (Å²) in [5.74, 6) is -0.0545. The van der Waals surface area contributed by atoms with Crippen molar-refractivity contribution in [3.63, 3.8) is 0 Å². The maximum Gasteiger partial charge on any atom is 0.336 e. The summed E-state index contributed by atoms with van der Waals surface area (Å²) in [7, 11) is 0. The van der Waals surface area contributed by atoms with E-state index in [0.717, 1.165) is 29.4 Å².